The molecule has 1 unspecified atom stereocenters. The van der Waals surface area contributed by atoms with Crippen molar-refractivity contribution in [2.45, 2.75) is 57.0 Å². The number of rotatable bonds is 6. The summed E-state index contributed by atoms with van der Waals surface area (Å²) in [4.78, 5) is 43.2. The SMILES string of the molecule is CC(C(=O)NC(=O)NC12CC3CC(CC(C3)C1)C2)N(C)CC(=O)Nc1ccc(Br)cn1. The van der Waals surface area contributed by atoms with E-state index in [2.05, 4.69) is 36.9 Å². The summed E-state index contributed by atoms with van der Waals surface area (Å²) in [5.74, 6) is 1.88. The summed E-state index contributed by atoms with van der Waals surface area (Å²) < 4.78 is 0.819. The molecule has 4 bridgehead atoms. The summed E-state index contributed by atoms with van der Waals surface area (Å²) in [5.41, 5.74) is -0.147. The Morgan fingerprint density at radius 2 is 1.77 bits per heavy atom. The zero-order valence-corrected chi connectivity index (χ0v) is 19.6. The van der Waals surface area contributed by atoms with E-state index in [1.807, 2.05) is 0 Å². The summed E-state index contributed by atoms with van der Waals surface area (Å²) in [6.45, 7) is 1.68. The molecule has 1 atom stereocenters. The first-order valence-corrected chi connectivity index (χ1v) is 11.8. The molecular formula is C22H30BrN5O3. The van der Waals surface area contributed by atoms with Crippen LogP contribution in [0.1, 0.15) is 45.4 Å². The van der Waals surface area contributed by atoms with Crippen molar-refractivity contribution in [2.75, 3.05) is 18.9 Å². The van der Waals surface area contributed by atoms with E-state index in [4.69, 9.17) is 0 Å². The van der Waals surface area contributed by atoms with Crippen LogP contribution in [0.5, 0.6) is 0 Å². The highest BCUT2D eigenvalue weighted by molar-refractivity contribution is 9.10. The van der Waals surface area contributed by atoms with Gasteiger partial charge in [0, 0.05) is 16.2 Å². The number of aromatic nitrogens is 1. The van der Waals surface area contributed by atoms with Crippen LogP contribution in [0.25, 0.3) is 0 Å². The molecule has 0 spiro atoms. The lowest BCUT2D eigenvalue weighted by atomic mass is 9.53. The Kier molecular flexibility index (Phi) is 6.35. The largest absolute Gasteiger partial charge is 0.332 e. The zero-order chi connectivity index (χ0) is 22.2. The average Bonchev–Trinajstić information content (AvgIpc) is 2.67. The highest BCUT2D eigenvalue weighted by Gasteiger charge is 2.51. The predicted octanol–water partition coefficient (Wildman–Crippen LogP) is 2.90. The van der Waals surface area contributed by atoms with Crippen LogP contribution in [0.2, 0.25) is 0 Å². The summed E-state index contributed by atoms with van der Waals surface area (Å²) in [5, 5.41) is 8.33. The second-order valence-corrected chi connectivity index (χ2v) is 10.6. The fraction of sp³-hybridized carbons (Fsp3) is 0.636. The van der Waals surface area contributed by atoms with Gasteiger partial charge in [-0.2, -0.15) is 0 Å². The number of anilines is 1. The molecule has 168 valence electrons. The van der Waals surface area contributed by atoms with Crippen molar-refractivity contribution in [1.82, 2.24) is 20.5 Å². The van der Waals surface area contributed by atoms with Crippen molar-refractivity contribution < 1.29 is 14.4 Å². The number of carbonyl (C=O) groups excluding carboxylic acids is 3. The van der Waals surface area contributed by atoms with Crippen molar-refractivity contribution in [3.8, 4) is 0 Å². The Bertz CT molecular complexity index is 824. The van der Waals surface area contributed by atoms with Crippen LogP contribution in [0, 0.1) is 17.8 Å². The van der Waals surface area contributed by atoms with Crippen LogP contribution >= 0.6 is 15.9 Å². The van der Waals surface area contributed by atoms with Gasteiger partial charge in [0.05, 0.1) is 12.6 Å². The molecule has 4 saturated carbocycles. The molecule has 4 aliphatic rings. The smallest absolute Gasteiger partial charge is 0.321 e. The Morgan fingerprint density at radius 3 is 2.32 bits per heavy atom. The molecule has 5 rings (SSSR count). The third-order valence-corrected chi connectivity index (χ3v) is 7.55. The number of imide groups is 1. The van der Waals surface area contributed by atoms with E-state index in [0.717, 1.165) is 23.7 Å². The van der Waals surface area contributed by atoms with Gasteiger partial charge >= 0.3 is 6.03 Å². The highest BCUT2D eigenvalue weighted by atomic mass is 79.9. The Morgan fingerprint density at radius 1 is 1.16 bits per heavy atom. The molecule has 4 aliphatic carbocycles. The van der Waals surface area contributed by atoms with E-state index in [1.165, 1.54) is 19.3 Å². The van der Waals surface area contributed by atoms with Gasteiger partial charge in [-0.25, -0.2) is 9.78 Å². The van der Waals surface area contributed by atoms with E-state index in [1.54, 1.807) is 37.2 Å². The van der Waals surface area contributed by atoms with Gasteiger partial charge in [-0.05, 0) is 98.3 Å². The maximum atomic E-state index is 12.6. The fourth-order valence-electron chi connectivity index (χ4n) is 5.95. The number of pyridine rings is 1. The molecular weight excluding hydrogens is 462 g/mol. The third-order valence-electron chi connectivity index (χ3n) is 7.08. The molecule has 1 heterocycles. The van der Waals surface area contributed by atoms with E-state index >= 15 is 0 Å². The molecule has 3 N–H and O–H groups in total. The molecule has 0 saturated heterocycles. The second-order valence-electron chi connectivity index (χ2n) is 9.64. The second kappa shape index (κ2) is 8.86. The van der Waals surface area contributed by atoms with E-state index in [9.17, 15) is 14.4 Å². The van der Waals surface area contributed by atoms with E-state index in [-0.39, 0.29) is 18.0 Å². The number of hydrogen-bond acceptors (Lipinski definition) is 5. The molecule has 0 aromatic carbocycles. The van der Waals surface area contributed by atoms with Crippen LogP contribution < -0.4 is 16.0 Å². The fourth-order valence-corrected chi connectivity index (χ4v) is 6.18. The molecule has 1 aromatic heterocycles. The Hall–Kier alpha value is -2.00. The van der Waals surface area contributed by atoms with Crippen molar-refractivity contribution in [2.24, 2.45) is 17.8 Å². The monoisotopic (exact) mass is 491 g/mol. The lowest BCUT2D eigenvalue weighted by Crippen LogP contribution is -2.62. The maximum absolute atomic E-state index is 12.6. The van der Waals surface area contributed by atoms with E-state index < -0.39 is 18.0 Å². The number of nitrogens with one attached hydrogen (secondary N) is 3. The summed E-state index contributed by atoms with van der Waals surface area (Å²) in [6.07, 6.45) is 8.56. The van der Waals surface area contributed by atoms with Crippen molar-refractivity contribution in [3.05, 3.63) is 22.8 Å². The van der Waals surface area contributed by atoms with Crippen molar-refractivity contribution >= 4 is 39.6 Å². The number of likely N-dealkylation sites (N-methyl/N-ethyl adjacent to an activating group) is 1. The molecule has 9 heteroatoms. The zero-order valence-electron chi connectivity index (χ0n) is 18.0. The summed E-state index contributed by atoms with van der Waals surface area (Å²) >= 11 is 3.30. The molecule has 4 amide bonds. The van der Waals surface area contributed by atoms with Crippen molar-refractivity contribution in [1.29, 1.82) is 0 Å². The van der Waals surface area contributed by atoms with Gasteiger partial charge in [0.15, 0.2) is 0 Å². The van der Waals surface area contributed by atoms with Gasteiger partial charge in [-0.1, -0.05) is 0 Å². The molecule has 8 nitrogen and oxygen atoms in total. The first kappa shape index (κ1) is 22.2. The van der Waals surface area contributed by atoms with Crippen LogP contribution in [-0.4, -0.2) is 52.9 Å². The first-order chi connectivity index (χ1) is 14.7. The molecule has 31 heavy (non-hydrogen) atoms. The normalized spacial score (nSPS) is 29.5. The lowest BCUT2D eigenvalue weighted by Gasteiger charge is -2.56. The van der Waals surface area contributed by atoms with Gasteiger partial charge in [-0.15, -0.1) is 0 Å². The molecule has 4 fully saturated rings. The van der Waals surface area contributed by atoms with Gasteiger partial charge < -0.3 is 10.6 Å². The highest BCUT2D eigenvalue weighted by Crippen LogP contribution is 2.55. The number of nitrogens with zero attached hydrogens (tertiary/aromatic N) is 2. The number of hydrogen-bond donors (Lipinski definition) is 3. The van der Waals surface area contributed by atoms with Crippen LogP contribution in [-0.2, 0) is 9.59 Å². The van der Waals surface area contributed by atoms with Gasteiger partial charge in [0.2, 0.25) is 11.8 Å². The third kappa shape index (κ3) is 5.26. The number of urea groups is 1. The number of amides is 4. The number of halogens is 1. The standard InChI is InChI=1S/C22H30BrN5O3/c1-13(28(2)12-19(29)25-18-4-3-17(23)11-24-18)20(30)26-21(31)27-22-8-14-5-15(9-22)7-16(6-14)10-22/h3-4,11,13-16H,5-10,12H2,1-2H3,(H,24,25,29)(H2,26,27,30,31). The molecule has 1 aromatic rings. The lowest BCUT2D eigenvalue weighted by molar-refractivity contribution is -0.125. The van der Waals surface area contributed by atoms with Crippen LogP contribution in [0.4, 0.5) is 10.6 Å². The quantitative estimate of drug-likeness (QED) is 0.567. The van der Waals surface area contributed by atoms with Gasteiger partial charge in [0.1, 0.15) is 5.82 Å². The first-order valence-electron chi connectivity index (χ1n) is 11.0. The average molecular weight is 492 g/mol. The topological polar surface area (TPSA) is 103 Å². The number of carbonyl (C=O) groups is 3. The minimum Gasteiger partial charge on any atom is -0.332 e. The minimum absolute atomic E-state index is 0.00290. The maximum Gasteiger partial charge on any atom is 0.321 e. The molecule has 0 radical (unpaired) electrons. The minimum atomic E-state index is -0.634. The van der Waals surface area contributed by atoms with Gasteiger partial charge in [0.25, 0.3) is 0 Å². The summed E-state index contributed by atoms with van der Waals surface area (Å²) in [7, 11) is 1.68. The summed E-state index contributed by atoms with van der Waals surface area (Å²) in [6, 6.07) is 2.42. The van der Waals surface area contributed by atoms with Gasteiger partial charge in [-0.3, -0.25) is 19.8 Å². The van der Waals surface area contributed by atoms with Crippen LogP contribution in [0.3, 0.4) is 0 Å². The predicted molar refractivity (Wildman–Crippen MR) is 120 cm³/mol. The Balaban J connectivity index is 1.25. The Labute approximate surface area is 191 Å². The molecule has 0 aliphatic heterocycles. The van der Waals surface area contributed by atoms with Crippen molar-refractivity contribution in [3.63, 3.8) is 0 Å². The van der Waals surface area contributed by atoms with E-state index in [0.29, 0.717) is 23.6 Å². The van der Waals surface area contributed by atoms with Crippen LogP contribution in [0.15, 0.2) is 22.8 Å².